The second-order valence-corrected chi connectivity index (χ2v) is 6.52. The van der Waals surface area contributed by atoms with Crippen LogP contribution in [-0.4, -0.2) is 19.5 Å². The molecule has 1 N–H and O–H groups in total. The van der Waals surface area contributed by atoms with E-state index in [2.05, 4.69) is 68.2 Å². The summed E-state index contributed by atoms with van der Waals surface area (Å²) >= 11 is 0. The van der Waals surface area contributed by atoms with Gasteiger partial charge in [0, 0.05) is 30.9 Å². The molecule has 0 bridgehead atoms. The Kier molecular flexibility index (Phi) is 4.35. The molecule has 0 radical (unpaired) electrons. The van der Waals surface area contributed by atoms with E-state index >= 15 is 0 Å². The van der Waals surface area contributed by atoms with Crippen LogP contribution in [0.1, 0.15) is 22.5 Å². The quantitative estimate of drug-likeness (QED) is 0.593. The van der Waals surface area contributed by atoms with Gasteiger partial charge in [0.2, 0.25) is 0 Å². The average Bonchev–Trinajstić information content (AvgIpc) is 3.05. The topological polar surface area (TPSA) is 55.6 Å². The van der Waals surface area contributed by atoms with Crippen LogP contribution >= 0.6 is 0 Å². The number of imidazole rings is 1. The molecule has 2 heterocycles. The van der Waals surface area contributed by atoms with Gasteiger partial charge in [-0.3, -0.25) is 0 Å². The molecule has 0 aliphatic rings. The van der Waals surface area contributed by atoms with Gasteiger partial charge in [-0.05, 0) is 37.1 Å². The minimum Gasteiger partial charge on any atom is -0.365 e. The second-order valence-electron chi connectivity index (χ2n) is 6.52. The van der Waals surface area contributed by atoms with E-state index in [1.807, 2.05) is 25.4 Å². The molecule has 4 aromatic rings. The molecular weight excluding hydrogens is 322 g/mol. The van der Waals surface area contributed by atoms with Gasteiger partial charge >= 0.3 is 0 Å². The van der Waals surface area contributed by atoms with Gasteiger partial charge in [0.1, 0.15) is 18.0 Å². The molecule has 5 nitrogen and oxygen atoms in total. The maximum atomic E-state index is 4.42. The lowest BCUT2D eigenvalue weighted by molar-refractivity contribution is 0.760. The number of aryl methyl sites for hydroxylation is 2. The molecule has 0 amide bonds. The minimum atomic E-state index is 0.719. The summed E-state index contributed by atoms with van der Waals surface area (Å²) in [5.41, 5.74) is 4.64. The molecule has 2 aromatic heterocycles. The standard InChI is InChI=1S/C21H21N5/c1-15-6-7-20-19(10-15)21(25-14-24-20)23-12-17-4-3-5-18(11-17)13-26-9-8-22-16(26)2/h3-11,14H,12-13H2,1-2H3,(H,23,24,25). The molecule has 0 aliphatic carbocycles. The van der Waals surface area contributed by atoms with Crippen molar-refractivity contribution < 1.29 is 0 Å². The fourth-order valence-corrected chi connectivity index (χ4v) is 3.10. The smallest absolute Gasteiger partial charge is 0.137 e. The van der Waals surface area contributed by atoms with Crippen molar-refractivity contribution in [1.29, 1.82) is 0 Å². The molecule has 0 saturated heterocycles. The van der Waals surface area contributed by atoms with Crippen LogP contribution in [0.4, 0.5) is 5.82 Å². The van der Waals surface area contributed by atoms with E-state index in [-0.39, 0.29) is 0 Å². The van der Waals surface area contributed by atoms with Crippen LogP contribution in [0, 0.1) is 13.8 Å². The largest absolute Gasteiger partial charge is 0.365 e. The summed E-state index contributed by atoms with van der Waals surface area (Å²) in [7, 11) is 0. The number of anilines is 1. The summed E-state index contributed by atoms with van der Waals surface area (Å²) < 4.78 is 2.15. The third-order valence-electron chi connectivity index (χ3n) is 4.52. The van der Waals surface area contributed by atoms with Gasteiger partial charge in [-0.25, -0.2) is 15.0 Å². The van der Waals surface area contributed by atoms with E-state index < -0.39 is 0 Å². The highest BCUT2D eigenvalue weighted by Crippen LogP contribution is 2.21. The highest BCUT2D eigenvalue weighted by atomic mass is 15.0. The Morgan fingerprint density at radius 1 is 0.962 bits per heavy atom. The molecule has 5 heteroatoms. The number of benzene rings is 2. The normalized spacial score (nSPS) is 11.0. The fourth-order valence-electron chi connectivity index (χ4n) is 3.10. The van der Waals surface area contributed by atoms with Crippen LogP contribution in [0.25, 0.3) is 10.9 Å². The van der Waals surface area contributed by atoms with E-state index in [9.17, 15) is 0 Å². The molecule has 26 heavy (non-hydrogen) atoms. The van der Waals surface area contributed by atoms with Gasteiger partial charge in [0.25, 0.3) is 0 Å². The van der Waals surface area contributed by atoms with E-state index in [1.165, 1.54) is 16.7 Å². The minimum absolute atomic E-state index is 0.719. The Bertz CT molecular complexity index is 1050. The number of hydrogen-bond acceptors (Lipinski definition) is 4. The van der Waals surface area contributed by atoms with Gasteiger partial charge in [0.15, 0.2) is 0 Å². The van der Waals surface area contributed by atoms with E-state index in [1.54, 1.807) is 6.33 Å². The second kappa shape index (κ2) is 6.96. The molecule has 0 fully saturated rings. The molecule has 0 aliphatic heterocycles. The predicted molar refractivity (Wildman–Crippen MR) is 104 cm³/mol. The summed E-state index contributed by atoms with van der Waals surface area (Å²) in [6.45, 7) is 5.65. The van der Waals surface area contributed by atoms with Crippen molar-refractivity contribution in [2.24, 2.45) is 0 Å². The van der Waals surface area contributed by atoms with E-state index in [0.717, 1.165) is 35.6 Å². The first-order valence-corrected chi connectivity index (χ1v) is 8.70. The number of fused-ring (bicyclic) bond motifs is 1. The zero-order chi connectivity index (χ0) is 17.9. The Morgan fingerprint density at radius 2 is 1.85 bits per heavy atom. The fraction of sp³-hybridized carbons (Fsp3) is 0.190. The maximum absolute atomic E-state index is 4.42. The predicted octanol–water partition coefficient (Wildman–Crippen LogP) is 4.10. The summed E-state index contributed by atoms with van der Waals surface area (Å²) in [6.07, 6.45) is 5.46. The first-order valence-electron chi connectivity index (χ1n) is 8.70. The van der Waals surface area contributed by atoms with E-state index in [4.69, 9.17) is 0 Å². The van der Waals surface area contributed by atoms with Crippen molar-refractivity contribution in [3.63, 3.8) is 0 Å². The SMILES string of the molecule is Cc1ccc2ncnc(NCc3cccc(Cn4ccnc4C)c3)c2c1. The summed E-state index contributed by atoms with van der Waals surface area (Å²) in [6, 6.07) is 14.8. The Morgan fingerprint density at radius 3 is 2.69 bits per heavy atom. The lowest BCUT2D eigenvalue weighted by Gasteiger charge is -2.11. The van der Waals surface area contributed by atoms with Crippen LogP contribution in [0.5, 0.6) is 0 Å². The Labute approximate surface area is 152 Å². The highest BCUT2D eigenvalue weighted by molar-refractivity contribution is 5.89. The summed E-state index contributed by atoms with van der Waals surface area (Å²) in [4.78, 5) is 13.0. The lowest BCUT2D eigenvalue weighted by atomic mass is 10.1. The van der Waals surface area contributed by atoms with Gasteiger partial charge in [-0.1, -0.05) is 35.9 Å². The van der Waals surface area contributed by atoms with Gasteiger partial charge in [-0.15, -0.1) is 0 Å². The van der Waals surface area contributed by atoms with Crippen molar-refractivity contribution in [3.05, 3.63) is 83.7 Å². The third kappa shape index (κ3) is 3.42. The van der Waals surface area contributed by atoms with Gasteiger partial charge < -0.3 is 9.88 Å². The third-order valence-corrected chi connectivity index (χ3v) is 4.52. The zero-order valence-corrected chi connectivity index (χ0v) is 15.0. The van der Waals surface area contributed by atoms with Crippen molar-refractivity contribution in [1.82, 2.24) is 19.5 Å². The maximum Gasteiger partial charge on any atom is 0.137 e. The molecule has 0 unspecified atom stereocenters. The molecule has 4 rings (SSSR count). The zero-order valence-electron chi connectivity index (χ0n) is 15.0. The number of rotatable bonds is 5. The lowest BCUT2D eigenvalue weighted by Crippen LogP contribution is -2.05. The van der Waals surface area contributed by atoms with Crippen molar-refractivity contribution in [2.45, 2.75) is 26.9 Å². The molecule has 130 valence electrons. The average molecular weight is 343 g/mol. The van der Waals surface area contributed by atoms with Crippen molar-refractivity contribution in [2.75, 3.05) is 5.32 Å². The number of hydrogen-bond donors (Lipinski definition) is 1. The Hall–Kier alpha value is -3.21. The van der Waals surface area contributed by atoms with Gasteiger partial charge in [0.05, 0.1) is 5.52 Å². The molecule has 0 atom stereocenters. The molecule has 0 saturated carbocycles. The summed E-state index contributed by atoms with van der Waals surface area (Å²) in [5, 5.41) is 4.51. The number of nitrogens with one attached hydrogen (secondary N) is 1. The van der Waals surface area contributed by atoms with Crippen molar-refractivity contribution in [3.8, 4) is 0 Å². The van der Waals surface area contributed by atoms with Crippen molar-refractivity contribution >= 4 is 16.7 Å². The monoisotopic (exact) mass is 343 g/mol. The van der Waals surface area contributed by atoms with E-state index in [0.29, 0.717) is 0 Å². The highest BCUT2D eigenvalue weighted by Gasteiger charge is 2.05. The van der Waals surface area contributed by atoms with Gasteiger partial charge in [-0.2, -0.15) is 0 Å². The number of nitrogens with zero attached hydrogens (tertiary/aromatic N) is 4. The number of aromatic nitrogens is 4. The molecule has 2 aromatic carbocycles. The van der Waals surface area contributed by atoms with Crippen LogP contribution in [0.3, 0.4) is 0 Å². The molecule has 0 spiro atoms. The first-order chi connectivity index (χ1) is 12.7. The summed E-state index contributed by atoms with van der Waals surface area (Å²) in [5.74, 6) is 1.89. The first kappa shape index (κ1) is 16.3. The molecular formula is C21H21N5. The van der Waals surface area contributed by atoms with Crippen LogP contribution in [0.15, 0.2) is 61.2 Å². The van der Waals surface area contributed by atoms with Crippen LogP contribution in [-0.2, 0) is 13.1 Å². The van der Waals surface area contributed by atoms with Crippen LogP contribution < -0.4 is 5.32 Å². The Balaban J connectivity index is 1.53. The van der Waals surface area contributed by atoms with Crippen LogP contribution in [0.2, 0.25) is 0 Å².